The Bertz CT molecular complexity index is 853. The van der Waals surface area contributed by atoms with E-state index in [1.165, 1.54) is 0 Å². The number of halogens is 1. The van der Waals surface area contributed by atoms with Crippen molar-refractivity contribution < 1.29 is 9.18 Å². The summed E-state index contributed by atoms with van der Waals surface area (Å²) in [6.07, 6.45) is 7.40. The molecule has 1 N–H and O–H groups in total. The number of alkyl halides is 1. The largest absolute Gasteiger partial charge is 0.341 e. The van der Waals surface area contributed by atoms with Crippen molar-refractivity contribution in [3.8, 4) is 0 Å². The van der Waals surface area contributed by atoms with Crippen LogP contribution in [0.5, 0.6) is 0 Å². The van der Waals surface area contributed by atoms with E-state index in [9.17, 15) is 4.79 Å². The van der Waals surface area contributed by atoms with Gasteiger partial charge in [0.05, 0.1) is 12.1 Å². The summed E-state index contributed by atoms with van der Waals surface area (Å²) in [5.74, 6) is 0.573. The summed E-state index contributed by atoms with van der Waals surface area (Å²) in [6.45, 7) is 1.05. The van der Waals surface area contributed by atoms with E-state index in [1.54, 1.807) is 18.0 Å². The molecule has 5 rings (SSSR count). The molecule has 1 aromatic heterocycles. The molecule has 1 aliphatic carbocycles. The smallest absolute Gasteiger partial charge is 0.230 e. The Labute approximate surface area is 162 Å². The monoisotopic (exact) mass is 383 g/mol. The van der Waals surface area contributed by atoms with Crippen LogP contribution in [-0.4, -0.2) is 39.8 Å². The number of H-pyrrole nitrogens is 1. The fraction of sp³-hybridized carbons (Fsp3) is 0.429. The molecule has 3 atom stereocenters. The quantitative estimate of drug-likeness (QED) is 0.876. The van der Waals surface area contributed by atoms with E-state index in [0.29, 0.717) is 13.1 Å². The van der Waals surface area contributed by atoms with Gasteiger partial charge in [-0.1, -0.05) is 36.4 Å². The molecule has 2 fully saturated rings. The van der Waals surface area contributed by atoms with Crippen LogP contribution >= 0.6 is 11.8 Å². The lowest BCUT2D eigenvalue weighted by Crippen LogP contribution is -2.52. The van der Waals surface area contributed by atoms with Crippen molar-refractivity contribution in [2.75, 3.05) is 18.8 Å². The minimum atomic E-state index is -1.29. The van der Waals surface area contributed by atoms with Crippen LogP contribution in [0.4, 0.5) is 4.39 Å². The molecule has 4 nitrogen and oxygen atoms in total. The molecule has 1 saturated heterocycles. The number of hydrogen-bond donors (Lipinski definition) is 1. The van der Waals surface area contributed by atoms with E-state index in [1.807, 2.05) is 47.5 Å². The highest BCUT2D eigenvalue weighted by Gasteiger charge is 2.56. The van der Waals surface area contributed by atoms with Crippen molar-refractivity contribution in [2.24, 2.45) is 17.8 Å². The predicted molar refractivity (Wildman–Crippen MR) is 105 cm³/mol. The number of hydrogen-bond acceptors (Lipinski definition) is 3. The van der Waals surface area contributed by atoms with E-state index < -0.39 is 5.67 Å². The normalized spacial score (nSPS) is 32.6. The number of rotatable bonds is 3. The summed E-state index contributed by atoms with van der Waals surface area (Å²) >= 11 is 1.69. The van der Waals surface area contributed by atoms with Crippen LogP contribution in [0.25, 0.3) is 4.91 Å². The lowest BCUT2D eigenvalue weighted by Gasteiger charge is -2.43. The molecule has 3 heterocycles. The molecule has 3 unspecified atom stereocenters. The number of nitrogens with one attached hydrogen (secondary N) is 1. The van der Waals surface area contributed by atoms with Gasteiger partial charge in [-0.05, 0) is 18.4 Å². The van der Waals surface area contributed by atoms with Crippen LogP contribution in [-0.2, 0) is 10.5 Å². The molecule has 2 aliphatic heterocycles. The van der Waals surface area contributed by atoms with Crippen LogP contribution < -0.4 is 0 Å². The van der Waals surface area contributed by atoms with Gasteiger partial charge >= 0.3 is 0 Å². The zero-order chi connectivity index (χ0) is 18.4. The standard InChI is InChI=1S/C21H22FN3OS/c22-21(16-4-2-1-3-5-16)17-6-7-18(21)12-25(11-17)20(26)14-8-19(27-13-14)15-9-23-24-10-15/h1-5,8-10,14,17-18H,6-7,11-13H2,(H,23,24). The van der Waals surface area contributed by atoms with Gasteiger partial charge in [-0.2, -0.15) is 5.10 Å². The number of carbonyl (C=O) groups excluding carboxylic acids is 1. The molecule has 1 amide bonds. The summed E-state index contributed by atoms with van der Waals surface area (Å²) in [5.41, 5.74) is 0.518. The molecule has 6 heteroatoms. The molecule has 0 radical (unpaired) electrons. The first-order chi connectivity index (χ1) is 13.2. The topological polar surface area (TPSA) is 49.0 Å². The van der Waals surface area contributed by atoms with Crippen molar-refractivity contribution in [1.29, 1.82) is 0 Å². The first kappa shape index (κ1) is 17.0. The van der Waals surface area contributed by atoms with Crippen LogP contribution in [0.3, 0.4) is 0 Å². The minimum Gasteiger partial charge on any atom is -0.341 e. The highest BCUT2D eigenvalue weighted by Crippen LogP contribution is 2.54. The maximum atomic E-state index is 16.1. The molecule has 2 aromatic rings. The maximum absolute atomic E-state index is 16.1. The zero-order valence-corrected chi connectivity index (χ0v) is 15.8. The highest BCUT2D eigenvalue weighted by molar-refractivity contribution is 8.08. The van der Waals surface area contributed by atoms with Crippen molar-refractivity contribution in [1.82, 2.24) is 15.1 Å². The van der Waals surface area contributed by atoms with Crippen molar-refractivity contribution >= 4 is 22.6 Å². The number of carbonyl (C=O) groups is 1. The van der Waals surface area contributed by atoms with E-state index >= 15 is 4.39 Å². The third-order valence-corrected chi connectivity index (χ3v) is 7.54. The second-order valence-corrected chi connectivity index (χ2v) is 8.85. The zero-order valence-electron chi connectivity index (χ0n) is 15.0. The lowest BCUT2D eigenvalue weighted by atomic mass is 9.76. The van der Waals surface area contributed by atoms with Gasteiger partial charge in [0.2, 0.25) is 5.91 Å². The Morgan fingerprint density at radius 2 is 1.96 bits per heavy atom. The molecule has 1 saturated carbocycles. The number of aromatic amines is 1. The number of thioether (sulfide) groups is 1. The average molecular weight is 383 g/mol. The average Bonchev–Trinajstić information content (AvgIpc) is 3.41. The number of benzene rings is 1. The van der Waals surface area contributed by atoms with Gasteiger partial charge in [-0.25, -0.2) is 4.39 Å². The molecule has 2 bridgehead atoms. The summed E-state index contributed by atoms with van der Waals surface area (Å²) in [7, 11) is 0. The van der Waals surface area contributed by atoms with Gasteiger partial charge in [0.1, 0.15) is 5.67 Å². The van der Waals surface area contributed by atoms with E-state index in [0.717, 1.165) is 34.6 Å². The summed E-state index contributed by atoms with van der Waals surface area (Å²) in [6, 6.07) is 9.54. The van der Waals surface area contributed by atoms with Crippen LogP contribution in [0.15, 0.2) is 48.8 Å². The van der Waals surface area contributed by atoms with Gasteiger partial charge in [-0.3, -0.25) is 9.89 Å². The Hall–Kier alpha value is -2.08. The first-order valence-electron chi connectivity index (χ1n) is 9.53. The summed E-state index contributed by atoms with van der Waals surface area (Å²) < 4.78 is 16.1. The van der Waals surface area contributed by atoms with E-state index in [4.69, 9.17) is 0 Å². The maximum Gasteiger partial charge on any atom is 0.230 e. The molecular formula is C21H22FN3OS. The number of fused-ring (bicyclic) bond motifs is 2. The Kier molecular flexibility index (Phi) is 4.11. The van der Waals surface area contributed by atoms with Crippen molar-refractivity contribution in [3.05, 3.63) is 59.9 Å². The van der Waals surface area contributed by atoms with E-state index in [-0.39, 0.29) is 23.7 Å². The number of amides is 1. The predicted octanol–water partition coefficient (Wildman–Crippen LogP) is 3.85. The second kappa shape index (κ2) is 6.51. The molecule has 140 valence electrons. The molecule has 0 spiro atoms. The Morgan fingerprint density at radius 3 is 2.63 bits per heavy atom. The van der Waals surface area contributed by atoms with Crippen LogP contribution in [0.2, 0.25) is 0 Å². The number of piperidine rings is 1. The van der Waals surface area contributed by atoms with Crippen LogP contribution in [0.1, 0.15) is 24.0 Å². The van der Waals surface area contributed by atoms with Crippen molar-refractivity contribution in [3.63, 3.8) is 0 Å². The fourth-order valence-corrected chi connectivity index (χ4v) is 6.09. The Morgan fingerprint density at radius 1 is 1.22 bits per heavy atom. The SMILES string of the molecule is O=C(C1C=C(c2cn[nH]c2)SC1)N1CC2CCC(C1)C2(F)c1ccccc1. The summed E-state index contributed by atoms with van der Waals surface area (Å²) in [5, 5.41) is 6.80. The highest BCUT2D eigenvalue weighted by atomic mass is 32.2. The number of aromatic nitrogens is 2. The van der Waals surface area contributed by atoms with Gasteiger partial charge in [0, 0.05) is 47.3 Å². The first-order valence-corrected chi connectivity index (χ1v) is 10.5. The van der Waals surface area contributed by atoms with Crippen molar-refractivity contribution in [2.45, 2.75) is 18.5 Å². The second-order valence-electron chi connectivity index (χ2n) is 7.78. The third kappa shape index (κ3) is 2.73. The number of nitrogens with zero attached hydrogens (tertiary/aromatic N) is 2. The lowest BCUT2D eigenvalue weighted by molar-refractivity contribution is -0.139. The third-order valence-electron chi connectivity index (χ3n) is 6.33. The molecular weight excluding hydrogens is 361 g/mol. The summed E-state index contributed by atoms with van der Waals surface area (Å²) in [4.78, 5) is 16.1. The fourth-order valence-electron chi connectivity index (χ4n) is 4.96. The molecule has 3 aliphatic rings. The minimum absolute atomic E-state index is 0.103. The van der Waals surface area contributed by atoms with Crippen LogP contribution in [0, 0.1) is 17.8 Å². The van der Waals surface area contributed by atoms with Gasteiger partial charge in [0.15, 0.2) is 0 Å². The molecule has 1 aromatic carbocycles. The van der Waals surface area contributed by atoms with E-state index in [2.05, 4.69) is 10.2 Å². The number of likely N-dealkylation sites (tertiary alicyclic amines) is 1. The van der Waals surface area contributed by atoms with Gasteiger partial charge < -0.3 is 4.90 Å². The Balaban J connectivity index is 1.34. The van der Waals surface area contributed by atoms with Gasteiger partial charge in [-0.15, -0.1) is 11.8 Å². The molecule has 27 heavy (non-hydrogen) atoms. The van der Waals surface area contributed by atoms with Gasteiger partial charge in [0.25, 0.3) is 0 Å².